The summed E-state index contributed by atoms with van der Waals surface area (Å²) in [5.74, 6) is 0. The number of benzene rings is 2. The number of H-pyrrole nitrogens is 2. The van der Waals surface area contributed by atoms with Crippen LogP contribution in [0.2, 0.25) is 0 Å². The lowest BCUT2D eigenvalue weighted by molar-refractivity contribution is 0.569. The first-order valence-electron chi connectivity index (χ1n) is 22.0. The van der Waals surface area contributed by atoms with Gasteiger partial charge in [0.15, 0.2) is 0 Å². The number of hydrogen-bond donors (Lipinski definition) is 2. The molecular weight excluding hydrogens is 783 g/mol. The molecule has 8 bridgehead atoms. The molecule has 10 rings (SSSR count). The Bertz CT molecular complexity index is 3250. The van der Waals surface area contributed by atoms with Crippen molar-refractivity contribution in [3.63, 3.8) is 0 Å². The SMILES string of the molecule is Cc1c2nc(c(-c3cc(C(C)(C)C)cc(C(C)(C)C)c3)c3ccc([nH]3)c(C)c3nc(c(-c4ccc(-c5cc(-c6ccccn6)nc(-c6ccccn6)c5)cc4)c4ccc1[nH]4)C=C3)C=C2. The highest BCUT2D eigenvalue weighted by molar-refractivity contribution is 5.95. The Morgan fingerprint density at radius 1 is 0.375 bits per heavy atom. The Kier molecular flexibility index (Phi) is 9.94. The average molecular weight is 834 g/mol. The van der Waals surface area contributed by atoms with Gasteiger partial charge in [0.1, 0.15) is 0 Å². The second kappa shape index (κ2) is 15.7. The number of nitrogens with zero attached hydrogens (tertiary/aromatic N) is 5. The third-order valence-corrected chi connectivity index (χ3v) is 12.4. The number of aryl methyl sites for hydroxylation is 2. The van der Waals surface area contributed by atoms with Crippen LogP contribution in [0.25, 0.3) is 103 Å². The van der Waals surface area contributed by atoms with E-state index < -0.39 is 0 Å². The van der Waals surface area contributed by atoms with Gasteiger partial charge in [0.2, 0.25) is 0 Å². The molecule has 0 atom stereocenters. The van der Waals surface area contributed by atoms with Gasteiger partial charge in [-0.25, -0.2) is 15.0 Å². The number of nitrogens with one attached hydrogen (secondary N) is 2. The lowest BCUT2D eigenvalue weighted by atomic mass is 9.79. The fourth-order valence-electron chi connectivity index (χ4n) is 8.55. The molecule has 0 unspecified atom stereocenters. The monoisotopic (exact) mass is 833 g/mol. The predicted molar refractivity (Wildman–Crippen MR) is 266 cm³/mol. The molecule has 8 aromatic rings. The largest absolute Gasteiger partial charge is 0.355 e. The molecule has 0 amide bonds. The van der Waals surface area contributed by atoms with Gasteiger partial charge in [0.05, 0.1) is 45.6 Å². The molecular formula is C57H51N7. The van der Waals surface area contributed by atoms with Gasteiger partial charge < -0.3 is 9.97 Å². The van der Waals surface area contributed by atoms with Crippen LogP contribution in [0.5, 0.6) is 0 Å². The van der Waals surface area contributed by atoms with Crippen molar-refractivity contribution < 1.29 is 0 Å². The van der Waals surface area contributed by atoms with Crippen molar-refractivity contribution >= 4 is 46.4 Å². The van der Waals surface area contributed by atoms with Crippen LogP contribution in [0, 0.1) is 13.8 Å². The van der Waals surface area contributed by atoms with E-state index in [1.807, 2.05) is 36.4 Å². The third-order valence-electron chi connectivity index (χ3n) is 12.4. The van der Waals surface area contributed by atoms with E-state index >= 15 is 0 Å². The maximum Gasteiger partial charge on any atom is 0.0900 e. The van der Waals surface area contributed by atoms with E-state index in [0.29, 0.717) is 0 Å². The molecule has 8 heterocycles. The lowest BCUT2D eigenvalue weighted by Gasteiger charge is -2.26. The number of fused-ring (bicyclic) bond motifs is 8. The summed E-state index contributed by atoms with van der Waals surface area (Å²) in [4.78, 5) is 32.6. The Labute approximate surface area is 374 Å². The zero-order valence-corrected chi connectivity index (χ0v) is 37.7. The minimum absolute atomic E-state index is 0.0336. The van der Waals surface area contributed by atoms with Crippen LogP contribution in [0.3, 0.4) is 0 Å². The quantitative estimate of drug-likeness (QED) is 0.180. The van der Waals surface area contributed by atoms with Crippen LogP contribution in [0.15, 0.2) is 128 Å². The molecule has 2 aliphatic heterocycles. The summed E-state index contributed by atoms with van der Waals surface area (Å²) in [5, 5.41) is 0. The standard InChI is InChI=1S/C57H51N7/c1-34-42-19-23-48(60-42)54(37-17-15-36(16-18-37)38-31-52(46-13-9-11-27-58-46)64-53(32-38)47-14-10-12-28-59-47)49-24-20-43(61-49)35(2)45-22-26-51(63-45)55(50-25-21-44(34)62-50)39-29-40(56(3,4)5)33-41(30-39)57(6,7)8/h9-33,60,63H,1-8H3. The summed E-state index contributed by atoms with van der Waals surface area (Å²) >= 11 is 0. The maximum atomic E-state index is 5.37. The molecule has 314 valence electrons. The molecule has 0 spiro atoms. The van der Waals surface area contributed by atoms with Crippen molar-refractivity contribution in [3.8, 4) is 56.2 Å². The predicted octanol–water partition coefficient (Wildman–Crippen LogP) is 14.4. The second-order valence-corrected chi connectivity index (χ2v) is 18.9. The van der Waals surface area contributed by atoms with Gasteiger partial charge in [0.25, 0.3) is 0 Å². The molecule has 0 fully saturated rings. The van der Waals surface area contributed by atoms with Gasteiger partial charge in [-0.05, 0) is 154 Å². The van der Waals surface area contributed by atoms with E-state index in [-0.39, 0.29) is 10.8 Å². The van der Waals surface area contributed by atoms with E-state index in [1.54, 1.807) is 12.4 Å². The number of hydrogen-bond acceptors (Lipinski definition) is 5. The van der Waals surface area contributed by atoms with Crippen molar-refractivity contribution in [2.45, 2.75) is 66.2 Å². The summed E-state index contributed by atoms with van der Waals surface area (Å²) < 4.78 is 0. The zero-order chi connectivity index (χ0) is 44.3. The first kappa shape index (κ1) is 40.6. The Morgan fingerprint density at radius 2 is 0.812 bits per heavy atom. The summed E-state index contributed by atoms with van der Waals surface area (Å²) in [5.41, 5.74) is 21.9. The van der Waals surface area contributed by atoms with E-state index in [1.165, 1.54) is 11.1 Å². The van der Waals surface area contributed by atoms with Gasteiger partial charge in [-0.3, -0.25) is 9.97 Å². The van der Waals surface area contributed by atoms with E-state index in [9.17, 15) is 0 Å². The molecule has 0 saturated carbocycles. The van der Waals surface area contributed by atoms with Gasteiger partial charge in [-0.15, -0.1) is 0 Å². The zero-order valence-electron chi connectivity index (χ0n) is 37.7. The van der Waals surface area contributed by atoms with Crippen molar-refractivity contribution in [3.05, 3.63) is 173 Å². The maximum absolute atomic E-state index is 5.37. The van der Waals surface area contributed by atoms with Gasteiger partial charge >= 0.3 is 0 Å². The molecule has 6 aromatic heterocycles. The fourth-order valence-corrected chi connectivity index (χ4v) is 8.55. The molecule has 7 heteroatoms. The molecule has 0 aliphatic carbocycles. The van der Waals surface area contributed by atoms with Crippen LogP contribution in [0.1, 0.15) is 86.6 Å². The molecule has 2 aromatic carbocycles. The summed E-state index contributed by atoms with van der Waals surface area (Å²) in [6, 6.07) is 40.5. The first-order valence-corrected chi connectivity index (χ1v) is 22.0. The summed E-state index contributed by atoms with van der Waals surface area (Å²) in [6.45, 7) is 18.0. The number of pyridine rings is 3. The second-order valence-electron chi connectivity index (χ2n) is 18.9. The van der Waals surface area contributed by atoms with Crippen molar-refractivity contribution in [2.75, 3.05) is 0 Å². The minimum atomic E-state index is -0.0336. The van der Waals surface area contributed by atoms with Crippen molar-refractivity contribution in [2.24, 2.45) is 0 Å². The smallest absolute Gasteiger partial charge is 0.0900 e. The lowest BCUT2D eigenvalue weighted by Crippen LogP contribution is -2.16. The van der Waals surface area contributed by atoms with Gasteiger partial charge in [0, 0.05) is 45.6 Å². The molecule has 0 saturated heterocycles. The highest BCUT2D eigenvalue weighted by atomic mass is 14.8. The van der Waals surface area contributed by atoms with E-state index in [4.69, 9.17) is 15.0 Å². The Morgan fingerprint density at radius 3 is 1.27 bits per heavy atom. The molecule has 7 nitrogen and oxygen atoms in total. The van der Waals surface area contributed by atoms with Gasteiger partial charge in [-0.2, -0.15) is 0 Å². The number of rotatable bonds is 5. The molecule has 64 heavy (non-hydrogen) atoms. The number of aromatic nitrogens is 7. The van der Waals surface area contributed by atoms with Crippen LogP contribution >= 0.6 is 0 Å². The third kappa shape index (κ3) is 7.68. The van der Waals surface area contributed by atoms with E-state index in [2.05, 4.69) is 178 Å². The van der Waals surface area contributed by atoms with Crippen molar-refractivity contribution in [1.29, 1.82) is 0 Å². The van der Waals surface area contributed by atoms with Crippen LogP contribution in [-0.2, 0) is 10.8 Å². The van der Waals surface area contributed by atoms with E-state index in [0.717, 1.165) is 112 Å². The van der Waals surface area contributed by atoms with Gasteiger partial charge in [-0.1, -0.05) is 96.1 Å². The highest BCUT2D eigenvalue weighted by Crippen LogP contribution is 2.39. The normalized spacial score (nSPS) is 12.6. The molecule has 0 radical (unpaired) electrons. The summed E-state index contributed by atoms with van der Waals surface area (Å²) in [7, 11) is 0. The Hall–Kier alpha value is -7.51. The number of aromatic amines is 2. The van der Waals surface area contributed by atoms with Crippen molar-refractivity contribution in [1.82, 2.24) is 34.9 Å². The molecule has 2 aliphatic rings. The van der Waals surface area contributed by atoms with Crippen LogP contribution in [-0.4, -0.2) is 34.9 Å². The highest BCUT2D eigenvalue weighted by Gasteiger charge is 2.23. The summed E-state index contributed by atoms with van der Waals surface area (Å²) in [6.07, 6.45) is 12.2. The average Bonchev–Trinajstić information content (AvgIpc) is 4.15. The van der Waals surface area contributed by atoms with Crippen LogP contribution < -0.4 is 0 Å². The molecule has 2 N–H and O–H groups in total. The topological polar surface area (TPSA) is 96.0 Å². The Balaban J connectivity index is 1.15. The minimum Gasteiger partial charge on any atom is -0.355 e. The van der Waals surface area contributed by atoms with Crippen LogP contribution in [0.4, 0.5) is 0 Å². The first-order chi connectivity index (χ1) is 30.8. The fraction of sp³-hybridized carbons (Fsp3) is 0.175.